The number of esters is 1. The van der Waals surface area contributed by atoms with Gasteiger partial charge in [-0.3, -0.25) is 4.68 Å². The summed E-state index contributed by atoms with van der Waals surface area (Å²) in [6, 6.07) is 1.66. The first-order valence-corrected chi connectivity index (χ1v) is 4.69. The van der Waals surface area contributed by atoms with E-state index in [1.165, 1.54) is 4.68 Å². The van der Waals surface area contributed by atoms with Gasteiger partial charge in [0.05, 0.1) is 13.2 Å². The Bertz CT molecular complexity index is 348. The number of carbonyl (C=O) groups is 1. The van der Waals surface area contributed by atoms with Gasteiger partial charge in [-0.05, 0) is 13.8 Å². The number of hydrogen-bond donors (Lipinski definition) is 2. The summed E-state index contributed by atoms with van der Waals surface area (Å²) in [6.45, 7) is 3.78. The van der Waals surface area contributed by atoms with E-state index in [0.29, 0.717) is 5.82 Å². The Morgan fingerprint density at radius 3 is 2.93 bits per heavy atom. The normalized spacial score (nSPS) is 12.5. The first-order chi connectivity index (χ1) is 7.04. The number of hydrogen-bond acceptors (Lipinski definition) is 5. The average molecular weight is 213 g/mol. The molecule has 6 nitrogen and oxygen atoms in total. The second-order valence-electron chi connectivity index (χ2n) is 3.16. The van der Waals surface area contributed by atoms with Crippen molar-refractivity contribution < 1.29 is 14.6 Å². The van der Waals surface area contributed by atoms with E-state index in [1.807, 2.05) is 0 Å². The van der Waals surface area contributed by atoms with Crippen molar-refractivity contribution in [2.24, 2.45) is 0 Å². The molecule has 0 saturated heterocycles. The van der Waals surface area contributed by atoms with Crippen molar-refractivity contribution in [1.82, 2.24) is 9.78 Å². The number of aliphatic hydroxyl groups is 1. The maximum atomic E-state index is 11.1. The second kappa shape index (κ2) is 4.79. The van der Waals surface area contributed by atoms with Crippen LogP contribution in [0.25, 0.3) is 0 Å². The lowest BCUT2D eigenvalue weighted by Gasteiger charge is -2.10. The number of nitrogens with zero attached hydrogens (tertiary/aromatic N) is 2. The molecule has 0 saturated carbocycles. The SMILES string of the molecule is CCOC(=O)C(O)Cn1nc(N)cc1C. The summed E-state index contributed by atoms with van der Waals surface area (Å²) in [4.78, 5) is 11.1. The van der Waals surface area contributed by atoms with Gasteiger partial charge in [0.1, 0.15) is 5.82 Å². The van der Waals surface area contributed by atoms with Crippen LogP contribution in [0.1, 0.15) is 12.6 Å². The molecule has 0 aliphatic heterocycles. The zero-order chi connectivity index (χ0) is 11.4. The zero-order valence-corrected chi connectivity index (χ0v) is 8.80. The quantitative estimate of drug-likeness (QED) is 0.670. The molecule has 0 aliphatic rings. The first-order valence-electron chi connectivity index (χ1n) is 4.69. The fourth-order valence-corrected chi connectivity index (χ4v) is 1.20. The Balaban J connectivity index is 2.61. The van der Waals surface area contributed by atoms with Gasteiger partial charge in [0, 0.05) is 11.8 Å². The topological polar surface area (TPSA) is 90.4 Å². The van der Waals surface area contributed by atoms with Crippen molar-refractivity contribution in [3.63, 3.8) is 0 Å². The van der Waals surface area contributed by atoms with Crippen molar-refractivity contribution in [3.8, 4) is 0 Å². The van der Waals surface area contributed by atoms with Gasteiger partial charge in [0.15, 0.2) is 6.10 Å². The number of rotatable bonds is 4. The summed E-state index contributed by atoms with van der Waals surface area (Å²) < 4.78 is 6.13. The van der Waals surface area contributed by atoms with Crippen LogP contribution in [0.3, 0.4) is 0 Å². The molecule has 0 bridgehead atoms. The van der Waals surface area contributed by atoms with E-state index in [4.69, 9.17) is 5.73 Å². The minimum absolute atomic E-state index is 0.0574. The Morgan fingerprint density at radius 2 is 2.47 bits per heavy atom. The smallest absolute Gasteiger partial charge is 0.336 e. The highest BCUT2D eigenvalue weighted by molar-refractivity contribution is 5.74. The Kier molecular flexibility index (Phi) is 3.68. The molecule has 15 heavy (non-hydrogen) atoms. The van der Waals surface area contributed by atoms with E-state index in [-0.39, 0.29) is 13.2 Å². The number of nitrogen functional groups attached to an aromatic ring is 1. The van der Waals surface area contributed by atoms with E-state index in [2.05, 4.69) is 9.84 Å². The van der Waals surface area contributed by atoms with E-state index in [1.54, 1.807) is 19.9 Å². The van der Waals surface area contributed by atoms with Crippen LogP contribution in [-0.2, 0) is 16.1 Å². The number of nitrogens with two attached hydrogens (primary N) is 1. The Labute approximate surface area is 87.6 Å². The van der Waals surface area contributed by atoms with Crippen LogP contribution in [0.15, 0.2) is 6.07 Å². The van der Waals surface area contributed by atoms with Crippen molar-refractivity contribution in [2.45, 2.75) is 26.5 Å². The molecule has 0 fully saturated rings. The predicted octanol–water partition coefficient (Wildman–Crippen LogP) is -0.302. The molecule has 1 aromatic rings. The van der Waals surface area contributed by atoms with Gasteiger partial charge >= 0.3 is 5.97 Å². The summed E-state index contributed by atoms with van der Waals surface area (Å²) in [7, 11) is 0. The zero-order valence-electron chi connectivity index (χ0n) is 8.80. The van der Waals surface area contributed by atoms with E-state index >= 15 is 0 Å². The predicted molar refractivity (Wildman–Crippen MR) is 54.0 cm³/mol. The van der Waals surface area contributed by atoms with E-state index in [9.17, 15) is 9.90 Å². The number of anilines is 1. The molecular weight excluding hydrogens is 198 g/mol. The summed E-state index contributed by atoms with van der Waals surface area (Å²) in [5, 5.41) is 13.4. The molecular formula is C9H15N3O3. The largest absolute Gasteiger partial charge is 0.464 e. The van der Waals surface area contributed by atoms with Gasteiger partial charge in [-0.2, -0.15) is 5.10 Å². The summed E-state index contributed by atoms with van der Waals surface area (Å²) >= 11 is 0. The maximum absolute atomic E-state index is 11.1. The van der Waals surface area contributed by atoms with Crippen LogP contribution < -0.4 is 5.73 Å². The molecule has 6 heteroatoms. The Hall–Kier alpha value is -1.56. The highest BCUT2D eigenvalue weighted by atomic mass is 16.5. The lowest BCUT2D eigenvalue weighted by Crippen LogP contribution is -2.28. The van der Waals surface area contributed by atoms with Crippen molar-refractivity contribution in [3.05, 3.63) is 11.8 Å². The minimum Gasteiger partial charge on any atom is -0.464 e. The highest BCUT2D eigenvalue weighted by Crippen LogP contribution is 2.05. The molecule has 0 amide bonds. The fraction of sp³-hybridized carbons (Fsp3) is 0.556. The number of ether oxygens (including phenoxy) is 1. The van der Waals surface area contributed by atoms with Crippen molar-refractivity contribution in [2.75, 3.05) is 12.3 Å². The fourth-order valence-electron chi connectivity index (χ4n) is 1.20. The molecule has 1 unspecified atom stereocenters. The maximum Gasteiger partial charge on any atom is 0.336 e. The lowest BCUT2D eigenvalue weighted by atomic mass is 10.3. The molecule has 3 N–H and O–H groups in total. The van der Waals surface area contributed by atoms with E-state index < -0.39 is 12.1 Å². The molecule has 1 aromatic heterocycles. The Morgan fingerprint density at radius 1 is 1.80 bits per heavy atom. The standard InChI is InChI=1S/C9H15N3O3/c1-3-15-9(14)7(13)5-12-6(2)4-8(10)11-12/h4,7,13H,3,5H2,1-2H3,(H2,10,11). The van der Waals surface area contributed by atoms with Gasteiger partial charge in [0.2, 0.25) is 0 Å². The molecule has 1 heterocycles. The van der Waals surface area contributed by atoms with Crippen LogP contribution in [0.2, 0.25) is 0 Å². The van der Waals surface area contributed by atoms with Crippen LogP contribution in [-0.4, -0.2) is 33.6 Å². The molecule has 1 rings (SSSR count). The second-order valence-corrected chi connectivity index (χ2v) is 3.16. The lowest BCUT2D eigenvalue weighted by molar-refractivity contribution is -0.153. The van der Waals surface area contributed by atoms with Gasteiger partial charge in [-0.1, -0.05) is 0 Å². The summed E-state index contributed by atoms with van der Waals surface area (Å²) in [5.41, 5.74) is 6.25. The number of carbonyl (C=O) groups excluding carboxylic acids is 1. The molecule has 0 radical (unpaired) electrons. The number of aryl methyl sites for hydroxylation is 1. The highest BCUT2D eigenvalue weighted by Gasteiger charge is 2.18. The third kappa shape index (κ3) is 2.95. The first kappa shape index (κ1) is 11.5. The van der Waals surface area contributed by atoms with Crippen molar-refractivity contribution >= 4 is 11.8 Å². The van der Waals surface area contributed by atoms with Crippen LogP contribution >= 0.6 is 0 Å². The van der Waals surface area contributed by atoms with Gasteiger partial charge in [0.25, 0.3) is 0 Å². The number of aromatic nitrogens is 2. The van der Waals surface area contributed by atoms with Crippen LogP contribution in [0, 0.1) is 6.92 Å². The molecule has 1 atom stereocenters. The van der Waals surface area contributed by atoms with E-state index in [0.717, 1.165) is 5.69 Å². The van der Waals surface area contributed by atoms with Crippen molar-refractivity contribution in [1.29, 1.82) is 0 Å². The molecule has 0 aromatic carbocycles. The van der Waals surface area contributed by atoms with Crippen LogP contribution in [0.4, 0.5) is 5.82 Å². The average Bonchev–Trinajstić information content (AvgIpc) is 2.45. The number of aliphatic hydroxyl groups excluding tert-OH is 1. The summed E-state index contributed by atoms with van der Waals surface area (Å²) in [6.07, 6.45) is -1.21. The van der Waals surface area contributed by atoms with Gasteiger partial charge in [-0.15, -0.1) is 0 Å². The summed E-state index contributed by atoms with van der Waals surface area (Å²) in [5.74, 6) is -0.283. The third-order valence-electron chi connectivity index (χ3n) is 1.90. The monoisotopic (exact) mass is 213 g/mol. The molecule has 0 aliphatic carbocycles. The minimum atomic E-state index is -1.21. The van der Waals surface area contributed by atoms with Crippen LogP contribution in [0.5, 0.6) is 0 Å². The molecule has 0 spiro atoms. The van der Waals surface area contributed by atoms with Gasteiger partial charge < -0.3 is 15.6 Å². The van der Waals surface area contributed by atoms with Gasteiger partial charge in [-0.25, -0.2) is 4.79 Å². The third-order valence-corrected chi connectivity index (χ3v) is 1.90. The molecule has 84 valence electrons.